The Hall–Kier alpha value is -8.89. The third kappa shape index (κ3) is 35.5. The number of ether oxygens (including phenoxy) is 3. The summed E-state index contributed by atoms with van der Waals surface area (Å²) in [4.78, 5) is 82.5. The zero-order chi connectivity index (χ0) is 68.9. The molecule has 6 aromatic carbocycles. The van der Waals surface area contributed by atoms with Gasteiger partial charge in [-0.05, 0) is 114 Å². The molecule has 0 aliphatic carbocycles. The first-order valence-electron chi connectivity index (χ1n) is 27.9. The fraction of sp³-hybridized carbons (Fsp3) is 0.258. The van der Waals surface area contributed by atoms with Crippen molar-refractivity contribution < 1.29 is 68.2 Å². The number of esters is 2. The zero-order valence-corrected chi connectivity index (χ0v) is 56.4. The summed E-state index contributed by atoms with van der Waals surface area (Å²) in [5.74, 6) is -1.86. The number of ketones is 2. The maximum atomic E-state index is 12.1. The zero-order valence-electron chi connectivity index (χ0n) is 51.6. The van der Waals surface area contributed by atoms with E-state index in [9.17, 15) is 43.8 Å². The number of aromatic nitrogens is 1. The Morgan fingerprint density at radius 1 is 0.620 bits per heavy atom. The number of nitrogens with one attached hydrogen (secondary N) is 2. The molecule has 0 atom stereocenters. The van der Waals surface area contributed by atoms with Crippen molar-refractivity contribution in [3.63, 3.8) is 0 Å². The number of carbonyl (C=O) groups is 7. The average Bonchev–Trinajstić information content (AvgIpc) is 1.73. The lowest BCUT2D eigenvalue weighted by Crippen LogP contribution is -2.35. The van der Waals surface area contributed by atoms with Crippen molar-refractivity contribution in [3.8, 4) is 22.8 Å². The van der Waals surface area contributed by atoms with E-state index in [0.29, 0.717) is 34.7 Å². The molecule has 0 aliphatic rings. The number of benzene rings is 6. The van der Waals surface area contributed by atoms with Crippen molar-refractivity contribution in [1.29, 1.82) is 0 Å². The van der Waals surface area contributed by atoms with Crippen molar-refractivity contribution in [3.05, 3.63) is 200 Å². The van der Waals surface area contributed by atoms with Crippen LogP contribution >= 0.6 is 63.9 Å². The monoisotopic (exact) mass is 1400 g/mol. The molecule has 0 spiro atoms. The first kappa shape index (κ1) is 79.2. The Bertz CT molecular complexity index is 3480. The highest BCUT2D eigenvalue weighted by atomic mass is 79.9. The lowest BCUT2D eigenvalue weighted by atomic mass is 10.0. The number of aryl methyl sites for hydroxylation is 2. The van der Waals surface area contributed by atoms with Crippen LogP contribution in [0.15, 0.2) is 139 Å². The summed E-state index contributed by atoms with van der Waals surface area (Å²) in [6.45, 7) is 11.7. The number of thiocarbonyl (C=S) groups is 3. The maximum absolute atomic E-state index is 12.1. The number of hydrogen-bond acceptors (Lipinski definition) is 18. The molecule has 0 unspecified atom stereocenters. The van der Waals surface area contributed by atoms with Crippen LogP contribution < -0.4 is 33.6 Å². The Labute approximate surface area is 563 Å². The fourth-order valence-corrected chi connectivity index (χ4v) is 8.72. The van der Waals surface area contributed by atoms with E-state index in [1.54, 1.807) is 60.0 Å². The highest BCUT2D eigenvalue weighted by Crippen LogP contribution is 2.34. The SMILES string of the molecule is CC(=O)OCc1ccc(CC(=O)CC(N)=S)cc1.CC(=O)OCc1ccc(CC(=O)NC(N)=S)cc1.CC(C)OCc1ccc(CC(=O)O)cc1.Cc1ccc(C(=O)CBr)c(C)c1.NC(N)=S.O=C(Cc1ccc(CO)cc1)Nc1nc(-c2ccc(O)cc2O)cs1. The summed E-state index contributed by atoms with van der Waals surface area (Å²) in [6, 6.07) is 39.2. The molecule has 2 amide bonds. The molecule has 1 aromatic heterocycles. The number of aliphatic hydroxyl groups is 1. The Morgan fingerprint density at radius 2 is 1.08 bits per heavy atom. The van der Waals surface area contributed by atoms with Gasteiger partial charge in [-0.25, -0.2) is 4.98 Å². The Kier molecular flexibility index (Phi) is 37.0. The van der Waals surface area contributed by atoms with Gasteiger partial charge in [-0.3, -0.25) is 33.6 Å². The van der Waals surface area contributed by atoms with E-state index < -0.39 is 5.97 Å². The van der Waals surface area contributed by atoms with Gasteiger partial charge >= 0.3 is 17.9 Å². The van der Waals surface area contributed by atoms with Crippen LogP contribution in [0.2, 0.25) is 0 Å². The van der Waals surface area contributed by atoms with Crippen LogP contribution in [0.25, 0.3) is 11.3 Å². The number of anilines is 1. The number of alkyl halides is 1. The Morgan fingerprint density at radius 3 is 1.50 bits per heavy atom. The van der Waals surface area contributed by atoms with Crippen molar-refractivity contribution in [1.82, 2.24) is 10.3 Å². The maximum Gasteiger partial charge on any atom is 0.307 e. The number of halogens is 1. The number of aliphatic hydroxyl groups excluding tert-OH is 1. The van der Waals surface area contributed by atoms with Crippen LogP contribution in [0.3, 0.4) is 0 Å². The summed E-state index contributed by atoms with van der Waals surface area (Å²) < 4.78 is 15.1. The molecule has 26 heteroatoms. The van der Waals surface area contributed by atoms with Gasteiger partial charge in [0.25, 0.3) is 0 Å². The predicted octanol–water partition coefficient (Wildman–Crippen LogP) is 9.39. The molecule has 0 radical (unpaired) electrons. The van der Waals surface area contributed by atoms with Crippen LogP contribution in [0.5, 0.6) is 11.5 Å². The number of nitrogens with zero attached hydrogens (tertiary/aromatic N) is 1. The number of hydrogen-bond donors (Lipinski definition) is 10. The molecule has 92 heavy (non-hydrogen) atoms. The van der Waals surface area contributed by atoms with Gasteiger partial charge in [0.2, 0.25) is 11.8 Å². The molecule has 21 nitrogen and oxygen atoms in total. The lowest BCUT2D eigenvalue weighted by molar-refractivity contribution is -0.143. The minimum Gasteiger partial charge on any atom is -0.508 e. The van der Waals surface area contributed by atoms with E-state index in [2.05, 4.69) is 79.7 Å². The number of Topliss-reactive ketones (excluding diaryl/α,β-unsaturated/α-hetero) is 2. The average molecular weight is 1400 g/mol. The number of amides is 2. The summed E-state index contributed by atoms with van der Waals surface area (Å²) >= 11 is 17.7. The Balaban J connectivity index is 0.000000393. The highest BCUT2D eigenvalue weighted by Gasteiger charge is 2.13. The van der Waals surface area contributed by atoms with Crippen molar-refractivity contribution >= 4 is 126 Å². The van der Waals surface area contributed by atoms with Gasteiger partial charge in [-0.1, -0.05) is 149 Å². The second-order valence-electron chi connectivity index (χ2n) is 20.1. The van der Waals surface area contributed by atoms with Crippen LogP contribution in [0.1, 0.15) is 100 Å². The van der Waals surface area contributed by atoms with E-state index in [1.807, 2.05) is 94.4 Å². The summed E-state index contributed by atoms with van der Waals surface area (Å²) in [5.41, 5.74) is 30.8. The molecule has 0 fully saturated rings. The number of thiazole rings is 1. The van der Waals surface area contributed by atoms with Gasteiger partial charge in [0.15, 0.2) is 21.1 Å². The smallest absolute Gasteiger partial charge is 0.307 e. The van der Waals surface area contributed by atoms with Crippen LogP contribution in [0.4, 0.5) is 5.13 Å². The van der Waals surface area contributed by atoms with Gasteiger partial charge in [0.1, 0.15) is 30.5 Å². The molecule has 14 N–H and O–H groups in total. The number of nitrogens with two attached hydrogens (primary N) is 4. The normalized spacial score (nSPS) is 9.97. The van der Waals surface area contributed by atoms with Gasteiger partial charge in [0, 0.05) is 42.8 Å². The van der Waals surface area contributed by atoms with Gasteiger partial charge in [0.05, 0.1) is 61.0 Å². The van der Waals surface area contributed by atoms with Crippen LogP contribution in [0, 0.1) is 13.8 Å². The second kappa shape index (κ2) is 43.0. The largest absolute Gasteiger partial charge is 0.508 e. The molecule has 0 aliphatic heterocycles. The number of phenolic OH excluding ortho intramolecular Hbond substituents is 2. The molecule has 1 heterocycles. The molecule has 7 rings (SSSR count). The first-order valence-corrected chi connectivity index (χ1v) is 31.1. The minimum atomic E-state index is -0.804. The molecule has 0 saturated heterocycles. The van der Waals surface area contributed by atoms with Crippen molar-refractivity contribution in [2.75, 3.05) is 10.6 Å². The predicted molar refractivity (Wildman–Crippen MR) is 371 cm³/mol. The number of aromatic hydroxyl groups is 2. The third-order valence-electron chi connectivity index (χ3n) is 11.7. The van der Waals surface area contributed by atoms with Crippen LogP contribution in [-0.2, 0) is 95.1 Å². The number of carboxylic acid groups (broad SMARTS) is 1. The summed E-state index contributed by atoms with van der Waals surface area (Å²) in [7, 11) is 0. The number of carboxylic acids is 1. The molecule has 0 saturated carbocycles. The van der Waals surface area contributed by atoms with E-state index in [1.165, 1.54) is 42.9 Å². The number of rotatable bonds is 22. The lowest BCUT2D eigenvalue weighted by Gasteiger charge is -2.07. The fourth-order valence-electron chi connectivity index (χ4n) is 7.42. The van der Waals surface area contributed by atoms with Crippen LogP contribution in [-0.4, -0.2) is 93.3 Å². The number of phenols is 2. The van der Waals surface area contributed by atoms with Gasteiger partial charge in [-0.15, -0.1) is 11.3 Å². The minimum absolute atomic E-state index is 0.000000000000000222. The first-order chi connectivity index (χ1) is 43.4. The van der Waals surface area contributed by atoms with E-state index >= 15 is 0 Å². The molecule has 0 bridgehead atoms. The van der Waals surface area contributed by atoms with Crippen molar-refractivity contribution in [2.24, 2.45) is 22.9 Å². The van der Waals surface area contributed by atoms with Crippen molar-refractivity contribution in [2.45, 2.75) is 106 Å². The molecule has 7 aromatic rings. The van der Waals surface area contributed by atoms with Gasteiger partial charge < -0.3 is 68.2 Å². The number of aliphatic carboxylic acids is 1. The molecule has 490 valence electrons. The summed E-state index contributed by atoms with van der Waals surface area (Å²) in [6.07, 6.45) is 1.13. The molecular weight excluding hydrogens is 1320 g/mol. The molecular formula is C66H76BrN7O14S4. The second-order valence-corrected chi connectivity index (χ2v) is 23.0. The summed E-state index contributed by atoms with van der Waals surface area (Å²) in [5, 5.41) is 44.4. The standard InChI is InChI=1S/C18H16N2O4S.C13H15NO3S.C12H14N2O3S.C12H16O3.C10H11BrO.CH4N2S/c21-9-12-3-1-11(2-4-12)7-17(24)20-18-19-15(10-25-18)14-6-5-13(22)8-16(14)23;1-9(15)17-8-11-4-2-10(3-5-11)6-12(16)7-13(14)18;1-8(15)17-7-10-4-2-9(3-5-10)6-11(16)14-12(13)18;1-9(2)15-8-11-5-3-10(4-6-11)7-12(13)14;1-7-3-4-9(8(2)5-7)10(12)6-11;2-1(3)4/h1-6,8,10,21-23H,7,9H2,(H,19,20,24);2-5H,6-8H2,1H3,(H2,14,18);2-5H,6-7H2,1H3,(H3,13,14,16,18);3-6,9H,7-8H2,1-2H3,(H,13,14);3-5H,6H2,1-2H3;(H4,2,3,4). The van der Waals surface area contributed by atoms with E-state index in [4.69, 9.17) is 35.9 Å². The number of carbonyl (C=O) groups excluding carboxylic acids is 6. The van der Waals surface area contributed by atoms with E-state index in [-0.39, 0.29) is 114 Å². The topological polar surface area (TPSA) is 369 Å². The quantitative estimate of drug-likeness (QED) is 0.0131. The van der Waals surface area contributed by atoms with Gasteiger partial charge in [-0.2, -0.15) is 0 Å². The van der Waals surface area contributed by atoms with E-state index in [0.717, 1.165) is 55.6 Å². The highest BCUT2D eigenvalue weighted by molar-refractivity contribution is 9.09. The third-order valence-corrected chi connectivity index (χ3v) is 13.2.